The Balaban J connectivity index is 1.58. The second-order valence-corrected chi connectivity index (χ2v) is 6.42. The number of hydrogen-bond acceptors (Lipinski definition) is 6. The van der Waals surface area contributed by atoms with Crippen molar-refractivity contribution < 1.29 is 14.0 Å². The lowest BCUT2D eigenvalue weighted by Gasteiger charge is -2.01. The van der Waals surface area contributed by atoms with E-state index in [2.05, 4.69) is 20.6 Å². The number of benzene rings is 1. The molecule has 2 heterocycles. The van der Waals surface area contributed by atoms with Crippen LogP contribution in [-0.2, 0) is 11.2 Å². The van der Waals surface area contributed by atoms with E-state index < -0.39 is 5.82 Å². The molecule has 2 aromatic heterocycles. The number of rotatable bonds is 5. The molecule has 122 valence electrons. The van der Waals surface area contributed by atoms with E-state index in [4.69, 9.17) is 0 Å². The average Bonchev–Trinajstić information content (AvgIpc) is 3.20. The maximum Gasteiger partial charge on any atom is 0.257 e. The molecule has 0 aliphatic carbocycles. The van der Waals surface area contributed by atoms with Crippen molar-refractivity contribution in [2.75, 3.05) is 10.6 Å². The summed E-state index contributed by atoms with van der Waals surface area (Å²) in [4.78, 5) is 32.0. The lowest BCUT2D eigenvalue weighted by molar-refractivity contribution is -0.115. The molecule has 0 spiro atoms. The quantitative estimate of drug-likeness (QED) is 0.730. The van der Waals surface area contributed by atoms with Crippen LogP contribution in [0.4, 0.5) is 14.7 Å². The van der Waals surface area contributed by atoms with Gasteiger partial charge in [-0.3, -0.25) is 14.9 Å². The van der Waals surface area contributed by atoms with Gasteiger partial charge in [-0.2, -0.15) is 0 Å². The summed E-state index contributed by atoms with van der Waals surface area (Å²) in [6.07, 6.45) is 1.69. The van der Waals surface area contributed by atoms with Crippen LogP contribution in [0.15, 0.2) is 41.2 Å². The van der Waals surface area contributed by atoms with E-state index >= 15 is 0 Å². The smallest absolute Gasteiger partial charge is 0.257 e. The summed E-state index contributed by atoms with van der Waals surface area (Å²) in [6.45, 7) is 0. The Labute approximate surface area is 144 Å². The number of halogens is 1. The zero-order chi connectivity index (χ0) is 16.9. The van der Waals surface area contributed by atoms with Crippen molar-refractivity contribution >= 4 is 44.8 Å². The van der Waals surface area contributed by atoms with Gasteiger partial charge in [0.05, 0.1) is 12.1 Å². The van der Waals surface area contributed by atoms with Gasteiger partial charge in [-0.05, 0) is 24.3 Å². The molecule has 0 atom stereocenters. The first-order chi connectivity index (χ1) is 11.6. The van der Waals surface area contributed by atoms with Gasteiger partial charge in [0.2, 0.25) is 5.91 Å². The van der Waals surface area contributed by atoms with E-state index in [-0.39, 0.29) is 18.2 Å². The Kier molecular flexibility index (Phi) is 4.92. The van der Waals surface area contributed by atoms with Crippen molar-refractivity contribution in [2.45, 2.75) is 6.42 Å². The Morgan fingerprint density at radius 3 is 2.58 bits per heavy atom. The fraction of sp³-hybridized carbons (Fsp3) is 0.0667. The van der Waals surface area contributed by atoms with Crippen LogP contribution in [0, 0.1) is 5.82 Å². The molecule has 2 amide bonds. The Morgan fingerprint density at radius 1 is 1.08 bits per heavy atom. The number of carbonyl (C=O) groups is 2. The third-order valence-corrected chi connectivity index (χ3v) is 4.39. The van der Waals surface area contributed by atoms with Gasteiger partial charge < -0.3 is 5.32 Å². The summed E-state index contributed by atoms with van der Waals surface area (Å²) >= 11 is 2.54. The molecule has 3 rings (SSSR count). The first-order valence-corrected chi connectivity index (χ1v) is 8.57. The van der Waals surface area contributed by atoms with Gasteiger partial charge >= 0.3 is 0 Å². The zero-order valence-electron chi connectivity index (χ0n) is 12.2. The molecule has 24 heavy (non-hydrogen) atoms. The molecule has 9 heteroatoms. The lowest BCUT2D eigenvalue weighted by Crippen LogP contribution is -2.15. The van der Waals surface area contributed by atoms with Crippen LogP contribution in [0.1, 0.15) is 16.1 Å². The highest BCUT2D eigenvalue weighted by Gasteiger charge is 2.12. The normalized spacial score (nSPS) is 10.4. The molecule has 0 aliphatic heterocycles. The van der Waals surface area contributed by atoms with Crippen molar-refractivity contribution in [3.05, 3.63) is 58.3 Å². The minimum absolute atomic E-state index is 0.0858. The minimum Gasteiger partial charge on any atom is -0.302 e. The maximum atomic E-state index is 12.9. The van der Waals surface area contributed by atoms with Gasteiger partial charge in [0.1, 0.15) is 5.82 Å². The average molecular weight is 362 g/mol. The first-order valence-electron chi connectivity index (χ1n) is 6.81. The van der Waals surface area contributed by atoms with Crippen LogP contribution in [0.5, 0.6) is 0 Å². The van der Waals surface area contributed by atoms with E-state index in [1.807, 2.05) is 0 Å². The predicted molar refractivity (Wildman–Crippen MR) is 90.9 cm³/mol. The third-order valence-electron chi connectivity index (χ3n) is 2.90. The third kappa shape index (κ3) is 4.21. The highest BCUT2D eigenvalue weighted by Crippen LogP contribution is 2.18. The SMILES string of the molecule is O=C(Cc1csc(NC(=O)c2ccc(F)cc2)n1)Nc1nccs1. The van der Waals surface area contributed by atoms with Crippen LogP contribution in [0.2, 0.25) is 0 Å². The van der Waals surface area contributed by atoms with Crippen molar-refractivity contribution in [3.63, 3.8) is 0 Å². The molecule has 1 aromatic carbocycles. The maximum absolute atomic E-state index is 12.9. The number of carbonyl (C=O) groups excluding carboxylic acids is 2. The molecule has 2 N–H and O–H groups in total. The topological polar surface area (TPSA) is 84.0 Å². The molecular formula is C15H11FN4O2S2. The monoisotopic (exact) mass is 362 g/mol. The fourth-order valence-electron chi connectivity index (χ4n) is 1.83. The van der Waals surface area contributed by atoms with Gasteiger partial charge in [0.15, 0.2) is 10.3 Å². The second kappa shape index (κ2) is 7.28. The molecule has 0 fully saturated rings. The summed E-state index contributed by atoms with van der Waals surface area (Å²) in [7, 11) is 0. The highest BCUT2D eigenvalue weighted by atomic mass is 32.1. The zero-order valence-corrected chi connectivity index (χ0v) is 13.8. The first kappa shape index (κ1) is 16.2. The van der Waals surface area contributed by atoms with Gasteiger partial charge in [0, 0.05) is 22.5 Å². The predicted octanol–water partition coefficient (Wildman–Crippen LogP) is 3.17. The van der Waals surface area contributed by atoms with E-state index in [1.165, 1.54) is 46.9 Å². The van der Waals surface area contributed by atoms with Crippen molar-refractivity contribution in [3.8, 4) is 0 Å². The lowest BCUT2D eigenvalue weighted by atomic mass is 10.2. The van der Waals surface area contributed by atoms with E-state index in [0.29, 0.717) is 21.5 Å². The number of hydrogen-bond donors (Lipinski definition) is 2. The second-order valence-electron chi connectivity index (χ2n) is 4.67. The van der Waals surface area contributed by atoms with Gasteiger partial charge in [-0.1, -0.05) is 0 Å². The molecule has 0 bridgehead atoms. The molecular weight excluding hydrogens is 351 g/mol. The van der Waals surface area contributed by atoms with Gasteiger partial charge in [-0.15, -0.1) is 22.7 Å². The molecule has 0 aliphatic rings. The minimum atomic E-state index is -0.408. The molecule has 3 aromatic rings. The largest absolute Gasteiger partial charge is 0.302 e. The van der Waals surface area contributed by atoms with Crippen LogP contribution >= 0.6 is 22.7 Å². The van der Waals surface area contributed by atoms with Crippen LogP contribution in [0.3, 0.4) is 0 Å². The summed E-state index contributed by atoms with van der Waals surface area (Å²) in [5.74, 6) is -1.02. The van der Waals surface area contributed by atoms with E-state index in [1.54, 1.807) is 17.0 Å². The van der Waals surface area contributed by atoms with Crippen LogP contribution in [0.25, 0.3) is 0 Å². The van der Waals surface area contributed by atoms with E-state index in [9.17, 15) is 14.0 Å². The number of aromatic nitrogens is 2. The summed E-state index contributed by atoms with van der Waals surface area (Å²) < 4.78 is 12.9. The Morgan fingerprint density at radius 2 is 1.88 bits per heavy atom. The number of anilines is 2. The van der Waals surface area contributed by atoms with Crippen LogP contribution < -0.4 is 10.6 Å². The molecule has 0 saturated heterocycles. The van der Waals surface area contributed by atoms with E-state index in [0.717, 1.165) is 0 Å². The highest BCUT2D eigenvalue weighted by molar-refractivity contribution is 7.14. The number of nitrogens with zero attached hydrogens (tertiary/aromatic N) is 2. The standard InChI is InChI=1S/C15H11FN4O2S2/c16-10-3-1-9(2-4-10)13(22)20-15-18-11(8-24-15)7-12(21)19-14-17-5-6-23-14/h1-6,8H,7H2,(H,17,19,21)(H,18,20,22). The Hall–Kier alpha value is -2.65. The summed E-state index contributed by atoms with van der Waals surface area (Å²) in [5.41, 5.74) is 0.873. The number of amides is 2. The summed E-state index contributed by atoms with van der Waals surface area (Å²) in [5, 5.41) is 9.65. The molecule has 0 radical (unpaired) electrons. The molecule has 0 saturated carbocycles. The molecule has 6 nitrogen and oxygen atoms in total. The summed E-state index contributed by atoms with van der Waals surface area (Å²) in [6, 6.07) is 5.21. The van der Waals surface area contributed by atoms with Crippen molar-refractivity contribution in [1.82, 2.24) is 9.97 Å². The van der Waals surface area contributed by atoms with Gasteiger partial charge in [0.25, 0.3) is 5.91 Å². The number of nitrogens with one attached hydrogen (secondary N) is 2. The fourth-order valence-corrected chi connectivity index (χ4v) is 3.08. The van der Waals surface area contributed by atoms with Crippen molar-refractivity contribution in [2.24, 2.45) is 0 Å². The Bertz CT molecular complexity index is 847. The number of thiazole rings is 2. The van der Waals surface area contributed by atoms with Crippen LogP contribution in [-0.4, -0.2) is 21.8 Å². The molecule has 0 unspecified atom stereocenters. The van der Waals surface area contributed by atoms with Crippen molar-refractivity contribution in [1.29, 1.82) is 0 Å². The van der Waals surface area contributed by atoms with Gasteiger partial charge in [-0.25, -0.2) is 14.4 Å².